The number of hydrogen-bond acceptors (Lipinski definition) is 5. The molecule has 0 saturated carbocycles. The molecule has 0 saturated heterocycles. The number of hydrogen-bond donors (Lipinski definition) is 1. The fourth-order valence-corrected chi connectivity index (χ4v) is 3.43. The van der Waals surface area contributed by atoms with Gasteiger partial charge in [0, 0.05) is 46.3 Å². The van der Waals surface area contributed by atoms with E-state index in [1.807, 2.05) is 23.2 Å². The highest BCUT2D eigenvalue weighted by Crippen LogP contribution is 2.30. The molecule has 2 aliphatic heterocycles. The molecule has 1 aromatic carbocycles. The quantitative estimate of drug-likeness (QED) is 0.560. The van der Waals surface area contributed by atoms with E-state index in [4.69, 9.17) is 9.47 Å². The number of fused-ring (bicyclic) bond motifs is 1. The predicted molar refractivity (Wildman–Crippen MR) is 103 cm³/mol. The SMILES string of the molecule is CN1C=C(Oc2ccc(F)cc2F)C=C2C1=CNN2COCC[Si](C)(C)C. The van der Waals surface area contributed by atoms with Crippen molar-refractivity contribution in [2.45, 2.75) is 25.7 Å². The second kappa shape index (κ2) is 7.73. The van der Waals surface area contributed by atoms with Crippen molar-refractivity contribution in [3.63, 3.8) is 0 Å². The molecule has 0 aliphatic carbocycles. The van der Waals surface area contributed by atoms with Gasteiger partial charge in [0.1, 0.15) is 18.3 Å². The predicted octanol–water partition coefficient (Wildman–Crippen LogP) is 3.99. The summed E-state index contributed by atoms with van der Waals surface area (Å²) in [6.07, 6.45) is 5.42. The second-order valence-corrected chi connectivity index (χ2v) is 13.4. The lowest BCUT2D eigenvalue weighted by Gasteiger charge is -2.28. The van der Waals surface area contributed by atoms with Gasteiger partial charge in [0.15, 0.2) is 11.6 Å². The van der Waals surface area contributed by atoms with Gasteiger partial charge in [-0.1, -0.05) is 19.6 Å². The molecule has 1 aromatic rings. The molecule has 2 heterocycles. The molecular formula is C19H25F2N3O2Si. The number of nitrogens with zero attached hydrogens (tertiary/aromatic N) is 2. The minimum atomic E-state index is -1.13. The van der Waals surface area contributed by atoms with Crippen LogP contribution in [-0.2, 0) is 4.74 Å². The molecule has 0 bridgehead atoms. The van der Waals surface area contributed by atoms with Crippen molar-refractivity contribution < 1.29 is 18.3 Å². The summed E-state index contributed by atoms with van der Waals surface area (Å²) in [6, 6.07) is 4.34. The van der Waals surface area contributed by atoms with Crippen LogP contribution in [0.4, 0.5) is 8.78 Å². The molecule has 5 nitrogen and oxygen atoms in total. The first kappa shape index (κ1) is 19.4. The van der Waals surface area contributed by atoms with Gasteiger partial charge < -0.3 is 19.8 Å². The first-order chi connectivity index (χ1) is 12.7. The van der Waals surface area contributed by atoms with Gasteiger partial charge in [0.25, 0.3) is 0 Å². The molecule has 8 heteroatoms. The normalized spacial score (nSPS) is 16.4. The lowest BCUT2D eigenvalue weighted by molar-refractivity contribution is 0.0420. The third-order valence-electron chi connectivity index (χ3n) is 4.23. The summed E-state index contributed by atoms with van der Waals surface area (Å²) in [5, 5.41) is 1.87. The van der Waals surface area contributed by atoms with Gasteiger partial charge in [0.05, 0.1) is 11.4 Å². The fourth-order valence-electron chi connectivity index (χ4n) is 2.67. The van der Waals surface area contributed by atoms with E-state index in [1.165, 1.54) is 12.1 Å². The van der Waals surface area contributed by atoms with Crippen molar-refractivity contribution in [2.75, 3.05) is 20.4 Å². The number of benzene rings is 1. The molecule has 0 atom stereocenters. The van der Waals surface area contributed by atoms with Crippen LogP contribution in [0.1, 0.15) is 0 Å². The smallest absolute Gasteiger partial charge is 0.168 e. The Morgan fingerprint density at radius 1 is 1.15 bits per heavy atom. The van der Waals surface area contributed by atoms with Crippen LogP contribution in [0.3, 0.4) is 0 Å². The first-order valence-electron chi connectivity index (χ1n) is 8.84. The zero-order valence-electron chi connectivity index (χ0n) is 16.1. The summed E-state index contributed by atoms with van der Waals surface area (Å²) < 4.78 is 38.4. The van der Waals surface area contributed by atoms with Gasteiger partial charge in [-0.2, -0.15) is 0 Å². The summed E-state index contributed by atoms with van der Waals surface area (Å²) in [7, 11) is 0.741. The van der Waals surface area contributed by atoms with E-state index in [0.717, 1.165) is 23.5 Å². The highest BCUT2D eigenvalue weighted by molar-refractivity contribution is 6.76. The summed E-state index contributed by atoms with van der Waals surface area (Å²) >= 11 is 0. The van der Waals surface area contributed by atoms with Gasteiger partial charge in [0.2, 0.25) is 0 Å². The van der Waals surface area contributed by atoms with Gasteiger partial charge in [-0.15, -0.1) is 0 Å². The molecule has 27 heavy (non-hydrogen) atoms. The number of allylic oxidation sites excluding steroid dienone is 1. The Morgan fingerprint density at radius 3 is 2.63 bits per heavy atom. The fraction of sp³-hybridized carbons (Fsp3) is 0.368. The Bertz CT molecular complexity index is 803. The molecule has 0 fully saturated rings. The van der Waals surface area contributed by atoms with Crippen LogP contribution < -0.4 is 10.2 Å². The number of nitrogens with one attached hydrogen (secondary N) is 1. The molecule has 1 N–H and O–H groups in total. The molecule has 3 rings (SSSR count). The maximum absolute atomic E-state index is 13.9. The van der Waals surface area contributed by atoms with Crippen LogP contribution >= 0.6 is 0 Å². The van der Waals surface area contributed by atoms with E-state index in [1.54, 1.807) is 12.3 Å². The molecule has 0 radical (unpaired) electrons. The van der Waals surface area contributed by atoms with Crippen molar-refractivity contribution in [2.24, 2.45) is 0 Å². The lowest BCUT2D eigenvalue weighted by atomic mass is 10.2. The number of halogens is 2. The Kier molecular flexibility index (Phi) is 5.57. The molecular weight excluding hydrogens is 368 g/mol. The summed E-state index contributed by atoms with van der Waals surface area (Å²) in [6.45, 7) is 8.04. The van der Waals surface area contributed by atoms with E-state index >= 15 is 0 Å². The van der Waals surface area contributed by atoms with Crippen LogP contribution in [0.5, 0.6) is 5.75 Å². The molecule has 2 aliphatic rings. The topological polar surface area (TPSA) is 37.0 Å². The maximum Gasteiger partial charge on any atom is 0.168 e. The minimum Gasteiger partial charge on any atom is -0.453 e. The van der Waals surface area contributed by atoms with Gasteiger partial charge >= 0.3 is 0 Å². The van der Waals surface area contributed by atoms with Crippen molar-refractivity contribution in [3.05, 3.63) is 65.5 Å². The Morgan fingerprint density at radius 2 is 1.93 bits per heavy atom. The highest BCUT2D eigenvalue weighted by atomic mass is 28.3. The average molecular weight is 394 g/mol. The highest BCUT2D eigenvalue weighted by Gasteiger charge is 2.27. The molecule has 0 amide bonds. The molecule has 0 unspecified atom stereocenters. The second-order valence-electron chi connectivity index (χ2n) is 7.78. The third kappa shape index (κ3) is 4.89. The van der Waals surface area contributed by atoms with Gasteiger partial charge in [-0.05, 0) is 18.2 Å². The Labute approximate surface area is 159 Å². The van der Waals surface area contributed by atoms with E-state index in [2.05, 4.69) is 25.1 Å². The monoisotopic (exact) mass is 393 g/mol. The minimum absolute atomic E-state index is 0.0239. The largest absolute Gasteiger partial charge is 0.453 e. The van der Waals surface area contributed by atoms with Crippen LogP contribution in [0.15, 0.2) is 53.8 Å². The summed E-state index contributed by atoms with van der Waals surface area (Å²) in [4.78, 5) is 1.88. The Hall–Kier alpha value is -2.32. The van der Waals surface area contributed by atoms with Gasteiger partial charge in [-0.25, -0.2) is 8.78 Å². The summed E-state index contributed by atoms with van der Waals surface area (Å²) in [5.74, 6) is -0.954. The zero-order valence-corrected chi connectivity index (χ0v) is 17.1. The van der Waals surface area contributed by atoms with Crippen LogP contribution in [0.25, 0.3) is 0 Å². The number of hydrazine groups is 1. The third-order valence-corrected chi connectivity index (χ3v) is 5.93. The van der Waals surface area contributed by atoms with Gasteiger partial charge in [-0.3, -0.25) is 5.01 Å². The van der Waals surface area contributed by atoms with Crippen LogP contribution in [-0.4, -0.2) is 38.4 Å². The van der Waals surface area contributed by atoms with E-state index < -0.39 is 19.7 Å². The van der Waals surface area contributed by atoms with Crippen LogP contribution in [0.2, 0.25) is 25.7 Å². The van der Waals surface area contributed by atoms with E-state index in [9.17, 15) is 8.78 Å². The number of ether oxygens (including phenoxy) is 2. The molecule has 146 valence electrons. The van der Waals surface area contributed by atoms with E-state index in [-0.39, 0.29) is 5.75 Å². The molecule has 0 spiro atoms. The standard InChI is InChI=1S/C19H25F2N3O2Si/c1-23-12-15(26-19-6-5-14(20)9-16(19)21)10-17-18(23)11-22-24(17)13-25-7-8-27(2,3)4/h5-6,9-12,22H,7-8,13H2,1-4H3. The Balaban J connectivity index is 1.67. The number of likely N-dealkylation sites (N-methyl/N-ethyl adjacent to an activating group) is 1. The zero-order chi connectivity index (χ0) is 19.6. The first-order valence-corrected chi connectivity index (χ1v) is 12.5. The lowest BCUT2D eigenvalue weighted by Crippen LogP contribution is -2.34. The maximum atomic E-state index is 13.9. The summed E-state index contributed by atoms with van der Waals surface area (Å²) in [5.41, 5.74) is 4.99. The number of rotatable bonds is 7. The van der Waals surface area contributed by atoms with Crippen LogP contribution in [0, 0.1) is 11.6 Å². The van der Waals surface area contributed by atoms with Crippen molar-refractivity contribution >= 4 is 8.07 Å². The van der Waals surface area contributed by atoms with Crippen molar-refractivity contribution in [3.8, 4) is 5.75 Å². The van der Waals surface area contributed by atoms with Crippen molar-refractivity contribution in [1.29, 1.82) is 0 Å². The van der Waals surface area contributed by atoms with E-state index in [0.29, 0.717) is 19.1 Å². The van der Waals surface area contributed by atoms with Crippen molar-refractivity contribution in [1.82, 2.24) is 15.3 Å². The average Bonchev–Trinajstić information content (AvgIpc) is 2.97. The molecule has 0 aromatic heterocycles.